The molecule has 0 bridgehead atoms. The highest BCUT2D eigenvalue weighted by molar-refractivity contribution is 5.91. The van der Waals surface area contributed by atoms with Gasteiger partial charge in [-0.05, 0) is 49.2 Å². The fourth-order valence-electron chi connectivity index (χ4n) is 2.05. The Labute approximate surface area is 123 Å². The van der Waals surface area contributed by atoms with Crippen LogP contribution in [0.1, 0.15) is 17.5 Å². The van der Waals surface area contributed by atoms with Crippen molar-refractivity contribution in [3.05, 3.63) is 58.0 Å². The Balaban J connectivity index is 1.97. The number of nitrogens with two attached hydrogens (primary N) is 1. The molecule has 0 aliphatic rings. The number of nitrogens with zero attached hydrogens (tertiary/aromatic N) is 1. The summed E-state index contributed by atoms with van der Waals surface area (Å²) in [6, 6.07) is 8.74. The number of nitrogen functional groups attached to an aromatic ring is 1. The van der Waals surface area contributed by atoms with E-state index in [2.05, 4.69) is 5.32 Å². The van der Waals surface area contributed by atoms with E-state index in [1.54, 1.807) is 30.5 Å². The predicted molar refractivity (Wildman–Crippen MR) is 84.3 cm³/mol. The summed E-state index contributed by atoms with van der Waals surface area (Å²) >= 11 is 0. The summed E-state index contributed by atoms with van der Waals surface area (Å²) < 4.78 is 1.53. The average Bonchev–Trinajstić information content (AvgIpc) is 2.41. The van der Waals surface area contributed by atoms with Gasteiger partial charge < -0.3 is 15.6 Å². The second-order valence-electron chi connectivity index (χ2n) is 5.11. The van der Waals surface area contributed by atoms with Crippen LogP contribution in [0.3, 0.4) is 0 Å². The second kappa shape index (κ2) is 6.26. The monoisotopic (exact) mass is 285 g/mol. The quantitative estimate of drug-likeness (QED) is 0.844. The lowest BCUT2D eigenvalue weighted by atomic mass is 10.2. The third kappa shape index (κ3) is 3.95. The number of hydrogen-bond donors (Lipinski definition) is 2. The molecule has 3 N–H and O–H groups in total. The maximum absolute atomic E-state index is 11.9. The number of aryl methyl sites for hydroxylation is 3. The van der Waals surface area contributed by atoms with Gasteiger partial charge in [0.25, 0.3) is 5.56 Å². The van der Waals surface area contributed by atoms with Gasteiger partial charge in [-0.1, -0.05) is 0 Å². The summed E-state index contributed by atoms with van der Waals surface area (Å²) in [7, 11) is 0. The standard InChI is InChI=1S/C16H19N3O2/c1-11-5-7-19(16(21)9-11)8-6-15(20)18-14-4-3-13(17)10-12(14)2/h3-5,7,9-10H,6,8,17H2,1-2H3,(H,18,20). The highest BCUT2D eigenvalue weighted by atomic mass is 16.1. The minimum atomic E-state index is -0.129. The van der Waals surface area contributed by atoms with E-state index in [0.29, 0.717) is 12.2 Å². The topological polar surface area (TPSA) is 77.1 Å². The van der Waals surface area contributed by atoms with Crippen molar-refractivity contribution in [1.82, 2.24) is 4.57 Å². The minimum Gasteiger partial charge on any atom is -0.399 e. The second-order valence-corrected chi connectivity index (χ2v) is 5.11. The first kappa shape index (κ1) is 14.8. The molecule has 0 unspecified atom stereocenters. The molecular formula is C16H19N3O2. The maximum atomic E-state index is 11.9. The first-order valence-corrected chi connectivity index (χ1v) is 6.79. The summed E-state index contributed by atoms with van der Waals surface area (Å²) in [6.45, 7) is 4.11. The number of rotatable bonds is 4. The van der Waals surface area contributed by atoms with E-state index < -0.39 is 0 Å². The number of aromatic nitrogens is 1. The molecule has 0 saturated carbocycles. The Bertz CT molecular complexity index is 720. The van der Waals surface area contributed by atoms with Crippen LogP contribution in [0.2, 0.25) is 0 Å². The van der Waals surface area contributed by atoms with Crippen molar-refractivity contribution < 1.29 is 4.79 Å². The number of nitrogens with one attached hydrogen (secondary N) is 1. The van der Waals surface area contributed by atoms with Crippen LogP contribution in [0.25, 0.3) is 0 Å². The number of hydrogen-bond acceptors (Lipinski definition) is 3. The molecule has 21 heavy (non-hydrogen) atoms. The van der Waals surface area contributed by atoms with Gasteiger partial charge in [-0.2, -0.15) is 0 Å². The molecule has 0 aliphatic heterocycles. The van der Waals surface area contributed by atoms with E-state index in [1.807, 2.05) is 19.9 Å². The van der Waals surface area contributed by atoms with Crippen molar-refractivity contribution >= 4 is 17.3 Å². The van der Waals surface area contributed by atoms with Crippen LogP contribution in [0, 0.1) is 13.8 Å². The smallest absolute Gasteiger partial charge is 0.250 e. The molecule has 0 radical (unpaired) electrons. The average molecular weight is 285 g/mol. The van der Waals surface area contributed by atoms with Gasteiger partial charge in [0.1, 0.15) is 0 Å². The predicted octanol–water partition coefficient (Wildman–Crippen LogP) is 2.08. The third-order valence-corrected chi connectivity index (χ3v) is 3.26. The number of carbonyl (C=O) groups excluding carboxylic acids is 1. The van der Waals surface area contributed by atoms with Crippen LogP contribution < -0.4 is 16.6 Å². The summed E-state index contributed by atoms with van der Waals surface area (Å²) in [5, 5.41) is 2.83. The Kier molecular flexibility index (Phi) is 4.42. The number of amides is 1. The molecule has 1 aromatic heterocycles. The van der Waals surface area contributed by atoms with Crippen LogP contribution in [-0.4, -0.2) is 10.5 Å². The molecule has 1 heterocycles. The zero-order valence-electron chi connectivity index (χ0n) is 12.2. The zero-order valence-corrected chi connectivity index (χ0v) is 12.2. The molecule has 110 valence electrons. The molecule has 1 amide bonds. The Hall–Kier alpha value is -2.56. The van der Waals surface area contributed by atoms with Crippen LogP contribution >= 0.6 is 0 Å². The van der Waals surface area contributed by atoms with E-state index in [1.165, 1.54) is 4.57 Å². The van der Waals surface area contributed by atoms with Gasteiger partial charge >= 0.3 is 0 Å². The normalized spacial score (nSPS) is 10.4. The first-order valence-electron chi connectivity index (χ1n) is 6.79. The van der Waals surface area contributed by atoms with E-state index in [9.17, 15) is 9.59 Å². The van der Waals surface area contributed by atoms with Crippen LogP contribution in [0.5, 0.6) is 0 Å². The lowest BCUT2D eigenvalue weighted by Gasteiger charge is -2.10. The molecular weight excluding hydrogens is 266 g/mol. The van der Waals surface area contributed by atoms with Crippen molar-refractivity contribution in [3.8, 4) is 0 Å². The molecule has 0 atom stereocenters. The van der Waals surface area contributed by atoms with Crippen molar-refractivity contribution in [2.75, 3.05) is 11.1 Å². The largest absolute Gasteiger partial charge is 0.399 e. The number of pyridine rings is 1. The van der Waals surface area contributed by atoms with E-state index in [-0.39, 0.29) is 17.9 Å². The van der Waals surface area contributed by atoms with Crippen molar-refractivity contribution in [1.29, 1.82) is 0 Å². The van der Waals surface area contributed by atoms with Gasteiger partial charge in [-0.15, -0.1) is 0 Å². The third-order valence-electron chi connectivity index (χ3n) is 3.26. The number of benzene rings is 1. The Morgan fingerprint density at radius 2 is 2.00 bits per heavy atom. The van der Waals surface area contributed by atoms with Crippen LogP contribution in [-0.2, 0) is 11.3 Å². The molecule has 1 aromatic carbocycles. The van der Waals surface area contributed by atoms with E-state index >= 15 is 0 Å². The van der Waals surface area contributed by atoms with E-state index in [0.717, 1.165) is 16.8 Å². The van der Waals surface area contributed by atoms with Gasteiger partial charge in [0, 0.05) is 36.6 Å². The zero-order chi connectivity index (χ0) is 15.4. The number of carbonyl (C=O) groups is 1. The minimum absolute atomic E-state index is 0.0912. The van der Waals surface area contributed by atoms with Crippen molar-refractivity contribution in [2.24, 2.45) is 0 Å². The van der Waals surface area contributed by atoms with Gasteiger partial charge in [0.15, 0.2) is 0 Å². The highest BCUT2D eigenvalue weighted by Crippen LogP contribution is 2.17. The SMILES string of the molecule is Cc1ccn(CCC(=O)Nc2ccc(N)cc2C)c(=O)c1. The lowest BCUT2D eigenvalue weighted by molar-refractivity contribution is -0.116. The summed E-state index contributed by atoms with van der Waals surface area (Å²) in [6.07, 6.45) is 1.95. The Morgan fingerprint density at radius 3 is 2.67 bits per heavy atom. The van der Waals surface area contributed by atoms with Gasteiger partial charge in [0.2, 0.25) is 5.91 Å². The molecule has 5 nitrogen and oxygen atoms in total. The van der Waals surface area contributed by atoms with E-state index in [4.69, 9.17) is 5.73 Å². The van der Waals surface area contributed by atoms with Gasteiger partial charge in [-0.25, -0.2) is 0 Å². The fraction of sp³-hybridized carbons (Fsp3) is 0.250. The summed E-state index contributed by atoms with van der Waals surface area (Å²) in [5.41, 5.74) is 8.81. The lowest BCUT2D eigenvalue weighted by Crippen LogP contribution is -2.22. The molecule has 0 saturated heterocycles. The van der Waals surface area contributed by atoms with Crippen LogP contribution in [0.15, 0.2) is 41.3 Å². The molecule has 2 aromatic rings. The molecule has 5 heteroatoms. The fourth-order valence-corrected chi connectivity index (χ4v) is 2.05. The Morgan fingerprint density at radius 1 is 1.24 bits per heavy atom. The molecule has 0 spiro atoms. The highest BCUT2D eigenvalue weighted by Gasteiger charge is 2.06. The summed E-state index contributed by atoms with van der Waals surface area (Å²) in [5.74, 6) is -0.129. The van der Waals surface area contributed by atoms with Gasteiger partial charge in [0.05, 0.1) is 0 Å². The van der Waals surface area contributed by atoms with Crippen LogP contribution in [0.4, 0.5) is 11.4 Å². The van der Waals surface area contributed by atoms with Crippen molar-refractivity contribution in [2.45, 2.75) is 26.8 Å². The first-order chi connectivity index (χ1) is 9.95. The molecule has 0 fully saturated rings. The molecule has 2 rings (SSSR count). The summed E-state index contributed by atoms with van der Waals surface area (Å²) in [4.78, 5) is 23.7. The van der Waals surface area contributed by atoms with Crippen molar-refractivity contribution in [3.63, 3.8) is 0 Å². The maximum Gasteiger partial charge on any atom is 0.250 e. The van der Waals surface area contributed by atoms with Gasteiger partial charge in [-0.3, -0.25) is 9.59 Å². The molecule has 0 aliphatic carbocycles. The number of anilines is 2.